The number of halogens is 1. The molecule has 0 saturated heterocycles. The smallest absolute Gasteiger partial charge is 0.255 e. The van der Waals surface area contributed by atoms with Crippen LogP contribution in [0.15, 0.2) is 23.0 Å². The van der Waals surface area contributed by atoms with Crippen LogP contribution in [-0.4, -0.2) is 9.97 Å². The average molecular weight is 262 g/mol. The van der Waals surface area contributed by atoms with E-state index in [0.29, 0.717) is 17.1 Å². The fraction of sp³-hybridized carbons (Fsp3) is 0.231. The highest BCUT2D eigenvalue weighted by atomic mass is 32.2. The Balaban J connectivity index is 2.21. The van der Waals surface area contributed by atoms with Gasteiger partial charge < -0.3 is 4.98 Å². The van der Waals surface area contributed by atoms with Crippen molar-refractivity contribution < 1.29 is 4.39 Å². The van der Waals surface area contributed by atoms with Crippen LogP contribution in [0.1, 0.15) is 16.8 Å². The van der Waals surface area contributed by atoms with Crippen molar-refractivity contribution >= 4 is 11.8 Å². The van der Waals surface area contributed by atoms with Gasteiger partial charge in [0.15, 0.2) is 0 Å². The van der Waals surface area contributed by atoms with Gasteiger partial charge in [0.2, 0.25) is 0 Å². The SMILES string of the molecule is Cc1ccc(F)cc1-c1nc2c(c(=O)[nH]1)CSC2. The molecule has 92 valence electrons. The van der Waals surface area contributed by atoms with Gasteiger partial charge >= 0.3 is 0 Å². The van der Waals surface area contributed by atoms with Crippen LogP contribution in [0.25, 0.3) is 11.4 Å². The van der Waals surface area contributed by atoms with Crippen molar-refractivity contribution in [3.05, 3.63) is 51.2 Å². The Kier molecular flexibility index (Phi) is 2.70. The second kappa shape index (κ2) is 4.24. The molecule has 1 aromatic carbocycles. The van der Waals surface area contributed by atoms with Gasteiger partial charge in [-0.05, 0) is 24.6 Å². The number of H-pyrrole nitrogens is 1. The third-order valence-corrected chi connectivity index (χ3v) is 4.01. The van der Waals surface area contributed by atoms with E-state index in [2.05, 4.69) is 9.97 Å². The highest BCUT2D eigenvalue weighted by Gasteiger charge is 2.18. The zero-order valence-corrected chi connectivity index (χ0v) is 10.6. The molecule has 1 aliphatic rings. The molecule has 1 aliphatic heterocycles. The molecule has 0 unspecified atom stereocenters. The van der Waals surface area contributed by atoms with E-state index in [0.717, 1.165) is 22.6 Å². The third-order valence-electron chi connectivity index (χ3n) is 3.04. The summed E-state index contributed by atoms with van der Waals surface area (Å²) in [5.74, 6) is 1.59. The first-order valence-corrected chi connectivity index (χ1v) is 6.77. The Morgan fingerprint density at radius 2 is 2.22 bits per heavy atom. The molecule has 1 aromatic heterocycles. The third kappa shape index (κ3) is 1.84. The number of benzene rings is 1. The molecular weight excluding hydrogens is 251 g/mol. The molecule has 0 spiro atoms. The molecule has 3 nitrogen and oxygen atoms in total. The molecule has 0 saturated carbocycles. The lowest BCUT2D eigenvalue weighted by Gasteiger charge is -2.06. The van der Waals surface area contributed by atoms with E-state index >= 15 is 0 Å². The summed E-state index contributed by atoms with van der Waals surface area (Å²) in [6, 6.07) is 4.49. The number of hydrogen-bond donors (Lipinski definition) is 1. The van der Waals surface area contributed by atoms with Crippen molar-refractivity contribution in [3.63, 3.8) is 0 Å². The molecule has 0 radical (unpaired) electrons. The summed E-state index contributed by atoms with van der Waals surface area (Å²) in [6.07, 6.45) is 0. The number of aromatic amines is 1. The number of rotatable bonds is 1. The summed E-state index contributed by atoms with van der Waals surface area (Å²) in [7, 11) is 0. The first-order chi connectivity index (χ1) is 8.65. The van der Waals surface area contributed by atoms with Crippen molar-refractivity contribution in [3.8, 4) is 11.4 Å². The van der Waals surface area contributed by atoms with Crippen molar-refractivity contribution in [2.45, 2.75) is 18.4 Å². The minimum absolute atomic E-state index is 0.108. The maximum Gasteiger partial charge on any atom is 0.255 e. The van der Waals surface area contributed by atoms with E-state index in [1.807, 2.05) is 6.92 Å². The normalized spacial score (nSPS) is 13.7. The van der Waals surface area contributed by atoms with Gasteiger partial charge in [0.25, 0.3) is 5.56 Å². The molecule has 0 fully saturated rings. The quantitative estimate of drug-likeness (QED) is 0.859. The molecule has 0 aliphatic carbocycles. The predicted octanol–water partition coefficient (Wildman–Crippen LogP) is 2.63. The van der Waals surface area contributed by atoms with Crippen LogP contribution in [0, 0.1) is 12.7 Å². The number of nitrogens with zero attached hydrogens (tertiary/aromatic N) is 1. The van der Waals surface area contributed by atoms with E-state index in [1.165, 1.54) is 12.1 Å². The Labute approximate surface area is 107 Å². The minimum atomic E-state index is -0.326. The van der Waals surface area contributed by atoms with E-state index < -0.39 is 0 Å². The largest absolute Gasteiger partial charge is 0.306 e. The molecule has 5 heteroatoms. The highest BCUT2D eigenvalue weighted by molar-refractivity contribution is 7.98. The first kappa shape index (κ1) is 11.5. The number of hydrogen-bond acceptors (Lipinski definition) is 3. The van der Waals surface area contributed by atoms with Crippen LogP contribution in [0.2, 0.25) is 0 Å². The molecule has 1 N–H and O–H groups in total. The van der Waals surface area contributed by atoms with Gasteiger partial charge in [-0.25, -0.2) is 9.37 Å². The minimum Gasteiger partial charge on any atom is -0.306 e. The molecule has 0 atom stereocenters. The van der Waals surface area contributed by atoms with Gasteiger partial charge in [0.05, 0.1) is 5.69 Å². The summed E-state index contributed by atoms with van der Waals surface area (Å²) in [6.45, 7) is 1.87. The average Bonchev–Trinajstić information content (AvgIpc) is 2.81. The fourth-order valence-electron chi connectivity index (χ4n) is 2.04. The Hall–Kier alpha value is -1.62. The summed E-state index contributed by atoms with van der Waals surface area (Å²) >= 11 is 1.67. The van der Waals surface area contributed by atoms with Gasteiger partial charge in [0, 0.05) is 22.6 Å². The molecule has 18 heavy (non-hydrogen) atoms. The summed E-state index contributed by atoms with van der Waals surface area (Å²) in [4.78, 5) is 19.1. The maximum atomic E-state index is 13.3. The topological polar surface area (TPSA) is 45.8 Å². The number of fused-ring (bicyclic) bond motifs is 1. The number of aromatic nitrogens is 2. The van der Waals surface area contributed by atoms with Crippen LogP contribution < -0.4 is 5.56 Å². The molecule has 2 aromatic rings. The Morgan fingerprint density at radius 3 is 3.06 bits per heavy atom. The standard InChI is InChI=1S/C13H11FN2OS/c1-7-2-3-8(14)4-9(7)12-15-11-6-18-5-10(11)13(17)16-12/h2-4H,5-6H2,1H3,(H,15,16,17). The van der Waals surface area contributed by atoms with E-state index in [4.69, 9.17) is 0 Å². The zero-order valence-electron chi connectivity index (χ0n) is 9.79. The maximum absolute atomic E-state index is 13.3. The van der Waals surface area contributed by atoms with Crippen molar-refractivity contribution in [1.29, 1.82) is 0 Å². The van der Waals surface area contributed by atoms with E-state index in [1.54, 1.807) is 17.8 Å². The summed E-state index contributed by atoms with van der Waals surface area (Å²) < 4.78 is 13.3. The van der Waals surface area contributed by atoms with Gasteiger partial charge in [-0.3, -0.25) is 4.79 Å². The lowest BCUT2D eigenvalue weighted by Crippen LogP contribution is -2.15. The van der Waals surface area contributed by atoms with Crippen LogP contribution in [-0.2, 0) is 11.5 Å². The van der Waals surface area contributed by atoms with Crippen LogP contribution >= 0.6 is 11.8 Å². The van der Waals surface area contributed by atoms with Gasteiger partial charge in [-0.15, -0.1) is 0 Å². The second-order valence-electron chi connectivity index (χ2n) is 4.29. The van der Waals surface area contributed by atoms with E-state index in [9.17, 15) is 9.18 Å². The molecule has 3 rings (SSSR count). The van der Waals surface area contributed by atoms with E-state index in [-0.39, 0.29) is 11.4 Å². The second-order valence-corrected chi connectivity index (χ2v) is 5.28. The van der Waals surface area contributed by atoms with Gasteiger partial charge in [0.1, 0.15) is 11.6 Å². The van der Waals surface area contributed by atoms with Gasteiger partial charge in [-0.2, -0.15) is 11.8 Å². The van der Waals surface area contributed by atoms with Crippen molar-refractivity contribution in [2.24, 2.45) is 0 Å². The van der Waals surface area contributed by atoms with Crippen molar-refractivity contribution in [2.75, 3.05) is 0 Å². The van der Waals surface area contributed by atoms with Crippen LogP contribution in [0.5, 0.6) is 0 Å². The molecular formula is C13H11FN2OS. The summed E-state index contributed by atoms with van der Waals surface area (Å²) in [5.41, 5.74) is 3.00. The summed E-state index contributed by atoms with van der Waals surface area (Å²) in [5, 5.41) is 0. The van der Waals surface area contributed by atoms with Gasteiger partial charge in [-0.1, -0.05) is 6.07 Å². The Morgan fingerprint density at radius 1 is 1.39 bits per heavy atom. The Bertz CT molecular complexity index is 681. The van der Waals surface area contributed by atoms with Crippen molar-refractivity contribution in [1.82, 2.24) is 9.97 Å². The lowest BCUT2D eigenvalue weighted by molar-refractivity contribution is 0.627. The number of thioether (sulfide) groups is 1. The highest BCUT2D eigenvalue weighted by Crippen LogP contribution is 2.28. The van der Waals surface area contributed by atoms with Crippen LogP contribution in [0.4, 0.5) is 4.39 Å². The molecule has 2 heterocycles. The first-order valence-electron chi connectivity index (χ1n) is 5.61. The van der Waals surface area contributed by atoms with Crippen LogP contribution in [0.3, 0.4) is 0 Å². The number of nitrogens with one attached hydrogen (secondary N) is 1. The molecule has 0 bridgehead atoms. The number of aryl methyl sites for hydroxylation is 1. The zero-order chi connectivity index (χ0) is 12.7. The predicted molar refractivity (Wildman–Crippen MR) is 70.0 cm³/mol. The molecule has 0 amide bonds. The monoisotopic (exact) mass is 262 g/mol. The fourth-order valence-corrected chi connectivity index (χ4v) is 3.08. The lowest BCUT2D eigenvalue weighted by atomic mass is 10.1.